The van der Waals surface area contributed by atoms with Crippen LogP contribution < -0.4 is 0 Å². The summed E-state index contributed by atoms with van der Waals surface area (Å²) in [7, 11) is 1.39. The van der Waals surface area contributed by atoms with Gasteiger partial charge in [0.05, 0.1) is 11.7 Å². The van der Waals surface area contributed by atoms with Crippen LogP contribution in [-0.2, 0) is 16.0 Å². The van der Waals surface area contributed by atoms with Gasteiger partial charge in [-0.25, -0.2) is 9.79 Å². The summed E-state index contributed by atoms with van der Waals surface area (Å²) in [6, 6.07) is -0.361. The van der Waals surface area contributed by atoms with E-state index in [9.17, 15) is 14.4 Å². The molecule has 0 fully saturated rings. The van der Waals surface area contributed by atoms with Crippen LogP contribution in [0.3, 0.4) is 0 Å². The van der Waals surface area contributed by atoms with Gasteiger partial charge in [0.2, 0.25) is 17.7 Å². The number of hydrogen-bond donors (Lipinski definition) is 0. The number of aromatic nitrogens is 2. The van der Waals surface area contributed by atoms with Crippen molar-refractivity contribution in [3.05, 3.63) is 5.89 Å². The molecular weight excluding hydrogens is 370 g/mol. The largest absolute Gasteiger partial charge is 0.416 e. The summed E-state index contributed by atoms with van der Waals surface area (Å²) >= 11 is 1.17. The maximum atomic E-state index is 12.4. The predicted molar refractivity (Wildman–Crippen MR) is 101 cm³/mol. The SMILES string of the molecule is CC1=NC(=O)N(C)C(=O)C1Cc1nnc(SCC(=O)N(C(C)C)C(C)C)o1. The molecular formula is C17H25N5O4S. The van der Waals surface area contributed by atoms with E-state index >= 15 is 0 Å². The average molecular weight is 395 g/mol. The first kappa shape index (κ1) is 21.1. The monoisotopic (exact) mass is 395 g/mol. The van der Waals surface area contributed by atoms with Crippen molar-refractivity contribution in [1.82, 2.24) is 20.0 Å². The Morgan fingerprint density at radius 3 is 2.44 bits per heavy atom. The summed E-state index contributed by atoms with van der Waals surface area (Å²) in [5.41, 5.74) is 0.426. The molecule has 1 aliphatic heterocycles. The lowest BCUT2D eigenvalue weighted by Gasteiger charge is -2.30. The molecule has 9 nitrogen and oxygen atoms in total. The summed E-state index contributed by atoms with van der Waals surface area (Å²) < 4.78 is 5.56. The molecule has 1 aliphatic rings. The van der Waals surface area contributed by atoms with Gasteiger partial charge in [-0.05, 0) is 34.6 Å². The number of carbonyl (C=O) groups is 3. The molecule has 0 saturated carbocycles. The van der Waals surface area contributed by atoms with E-state index in [0.29, 0.717) is 5.71 Å². The Kier molecular flexibility index (Phi) is 6.74. The lowest BCUT2D eigenvalue weighted by atomic mass is 9.97. The molecule has 1 unspecified atom stereocenters. The minimum atomic E-state index is -0.606. The zero-order chi connectivity index (χ0) is 20.3. The van der Waals surface area contributed by atoms with E-state index in [1.807, 2.05) is 27.7 Å². The van der Waals surface area contributed by atoms with Gasteiger partial charge < -0.3 is 9.32 Å². The molecule has 1 atom stereocenters. The van der Waals surface area contributed by atoms with Crippen LogP contribution in [0.4, 0.5) is 4.79 Å². The zero-order valence-electron chi connectivity index (χ0n) is 16.4. The molecule has 4 amide bonds. The highest BCUT2D eigenvalue weighted by molar-refractivity contribution is 7.99. The van der Waals surface area contributed by atoms with Gasteiger partial charge in [0, 0.05) is 31.3 Å². The zero-order valence-corrected chi connectivity index (χ0v) is 17.2. The molecule has 0 saturated heterocycles. The van der Waals surface area contributed by atoms with Gasteiger partial charge in [-0.2, -0.15) is 0 Å². The highest BCUT2D eigenvalue weighted by Crippen LogP contribution is 2.22. The molecule has 148 valence electrons. The van der Waals surface area contributed by atoms with Gasteiger partial charge in [0.1, 0.15) is 0 Å². The number of carbonyl (C=O) groups excluding carboxylic acids is 3. The summed E-state index contributed by atoms with van der Waals surface area (Å²) in [6.07, 6.45) is 0.164. The molecule has 0 spiro atoms. The number of imide groups is 1. The maximum absolute atomic E-state index is 12.4. The topological polar surface area (TPSA) is 109 Å². The number of amides is 4. The highest BCUT2D eigenvalue weighted by atomic mass is 32.2. The Hall–Kier alpha value is -2.23. The molecule has 2 rings (SSSR count). The van der Waals surface area contributed by atoms with E-state index in [4.69, 9.17) is 4.42 Å². The molecule has 0 N–H and O–H groups in total. The van der Waals surface area contributed by atoms with Crippen molar-refractivity contribution >= 4 is 35.3 Å². The maximum Gasteiger partial charge on any atom is 0.349 e. The fraction of sp³-hybridized carbons (Fsp3) is 0.647. The van der Waals surface area contributed by atoms with Crippen LogP contribution >= 0.6 is 11.8 Å². The van der Waals surface area contributed by atoms with Crippen LogP contribution in [0, 0.1) is 5.92 Å². The van der Waals surface area contributed by atoms with Crippen LogP contribution in [0.1, 0.15) is 40.5 Å². The first-order valence-electron chi connectivity index (χ1n) is 8.74. The van der Waals surface area contributed by atoms with Crippen molar-refractivity contribution in [2.45, 2.75) is 58.3 Å². The number of aliphatic imine (C=N–C) groups is 1. The Morgan fingerprint density at radius 1 is 1.22 bits per heavy atom. The number of thioether (sulfide) groups is 1. The molecule has 2 heterocycles. The Bertz CT molecular complexity index is 750. The van der Waals surface area contributed by atoms with Crippen LogP contribution in [0.2, 0.25) is 0 Å². The number of nitrogens with zero attached hydrogens (tertiary/aromatic N) is 5. The Balaban J connectivity index is 1.99. The molecule has 27 heavy (non-hydrogen) atoms. The third-order valence-corrected chi connectivity index (χ3v) is 5.04. The van der Waals surface area contributed by atoms with Crippen molar-refractivity contribution in [3.8, 4) is 0 Å². The first-order chi connectivity index (χ1) is 12.6. The Morgan fingerprint density at radius 2 is 1.85 bits per heavy atom. The van der Waals surface area contributed by atoms with Crippen LogP contribution in [0.15, 0.2) is 14.6 Å². The predicted octanol–water partition coefficient (Wildman–Crippen LogP) is 2.02. The Labute approximate surface area is 162 Å². The van der Waals surface area contributed by atoms with Crippen LogP contribution in [-0.4, -0.2) is 68.4 Å². The van der Waals surface area contributed by atoms with Gasteiger partial charge in [-0.1, -0.05) is 11.8 Å². The minimum Gasteiger partial charge on any atom is -0.416 e. The van der Waals surface area contributed by atoms with Gasteiger partial charge >= 0.3 is 6.03 Å². The molecule has 10 heteroatoms. The first-order valence-corrected chi connectivity index (χ1v) is 9.73. The smallest absolute Gasteiger partial charge is 0.349 e. The lowest BCUT2D eigenvalue weighted by molar-refractivity contribution is -0.132. The van der Waals surface area contributed by atoms with E-state index in [1.165, 1.54) is 18.8 Å². The highest BCUT2D eigenvalue weighted by Gasteiger charge is 2.34. The summed E-state index contributed by atoms with van der Waals surface area (Å²) in [5, 5.41) is 8.15. The molecule has 1 aromatic rings. The molecule has 0 radical (unpaired) electrons. The number of rotatable bonds is 7. The second-order valence-electron chi connectivity index (χ2n) is 6.93. The normalized spacial score (nSPS) is 17.7. The van der Waals surface area contributed by atoms with Gasteiger partial charge in [0.15, 0.2) is 0 Å². The summed E-state index contributed by atoms with van der Waals surface area (Å²) in [4.78, 5) is 42.8. The van der Waals surface area contributed by atoms with Gasteiger partial charge in [-0.15, -0.1) is 10.2 Å². The summed E-state index contributed by atoms with van der Waals surface area (Å²) in [6.45, 7) is 9.52. The van der Waals surface area contributed by atoms with E-state index < -0.39 is 11.9 Å². The number of urea groups is 1. The molecule has 1 aromatic heterocycles. The molecule has 0 aliphatic carbocycles. The third-order valence-electron chi connectivity index (χ3n) is 4.24. The fourth-order valence-electron chi connectivity index (χ4n) is 2.97. The van der Waals surface area contributed by atoms with E-state index in [1.54, 1.807) is 11.8 Å². The standard InChI is InChI=1S/C17H25N5O4S/c1-9(2)22(10(3)4)14(23)8-27-17-20-19-13(26-17)7-12-11(5)18-16(25)21(6)15(12)24/h9-10,12H,7-8H2,1-6H3. The van der Waals surface area contributed by atoms with E-state index in [0.717, 1.165) is 4.90 Å². The fourth-order valence-corrected chi connectivity index (χ4v) is 3.62. The summed E-state index contributed by atoms with van der Waals surface area (Å²) in [5.74, 6) is -0.497. The van der Waals surface area contributed by atoms with Gasteiger partial charge in [0.25, 0.3) is 5.22 Å². The van der Waals surface area contributed by atoms with Crippen molar-refractivity contribution in [2.24, 2.45) is 10.9 Å². The average Bonchev–Trinajstić information content (AvgIpc) is 3.02. The van der Waals surface area contributed by atoms with Crippen LogP contribution in [0.5, 0.6) is 0 Å². The second-order valence-corrected chi connectivity index (χ2v) is 7.86. The quantitative estimate of drug-likeness (QED) is 0.650. The van der Waals surface area contributed by atoms with Crippen LogP contribution in [0.25, 0.3) is 0 Å². The van der Waals surface area contributed by atoms with Gasteiger partial charge in [-0.3, -0.25) is 14.5 Å². The van der Waals surface area contributed by atoms with Crippen molar-refractivity contribution < 1.29 is 18.8 Å². The van der Waals surface area contributed by atoms with E-state index in [2.05, 4.69) is 15.2 Å². The third kappa shape index (κ3) is 4.94. The molecule has 0 aromatic carbocycles. The second kappa shape index (κ2) is 8.64. The van der Waals surface area contributed by atoms with Crippen molar-refractivity contribution in [3.63, 3.8) is 0 Å². The molecule has 0 bridgehead atoms. The lowest BCUT2D eigenvalue weighted by Crippen LogP contribution is -2.44. The minimum absolute atomic E-state index is 0.00433. The number of hydrogen-bond acceptors (Lipinski definition) is 7. The van der Waals surface area contributed by atoms with E-state index in [-0.39, 0.29) is 47.2 Å². The van der Waals surface area contributed by atoms with Crippen molar-refractivity contribution in [1.29, 1.82) is 0 Å². The van der Waals surface area contributed by atoms with Crippen molar-refractivity contribution in [2.75, 3.05) is 12.8 Å².